The summed E-state index contributed by atoms with van der Waals surface area (Å²) in [6, 6.07) is 0. The molecule has 0 aromatic heterocycles. The first kappa shape index (κ1) is 14.8. The van der Waals surface area contributed by atoms with Gasteiger partial charge in [0.1, 0.15) is 0 Å². The molecule has 0 atom stereocenters. The lowest BCUT2D eigenvalue weighted by atomic mass is 10.1. The standard InChI is InChI=1S/C15H20N2O2/c1-4-7-8-13(5-2)17(6-3)15(19)12-9-10-14(18)16-11-12/h4-5,7-10,16,18H,2,6,11H2,1,3H3/b7-4-,13-8+. The smallest absolute Gasteiger partial charge is 0.255 e. The van der Waals surface area contributed by atoms with Crippen molar-refractivity contribution in [3.05, 3.63) is 60.2 Å². The van der Waals surface area contributed by atoms with Gasteiger partial charge in [-0.15, -0.1) is 0 Å². The molecule has 1 rings (SSSR count). The maximum absolute atomic E-state index is 12.4. The van der Waals surface area contributed by atoms with E-state index in [1.807, 2.05) is 32.1 Å². The van der Waals surface area contributed by atoms with Crippen LogP contribution in [0.1, 0.15) is 13.8 Å². The van der Waals surface area contributed by atoms with E-state index in [2.05, 4.69) is 11.9 Å². The van der Waals surface area contributed by atoms with Crippen LogP contribution in [-0.4, -0.2) is 29.0 Å². The first-order valence-electron chi connectivity index (χ1n) is 6.25. The van der Waals surface area contributed by atoms with E-state index in [-0.39, 0.29) is 11.8 Å². The van der Waals surface area contributed by atoms with E-state index < -0.39 is 0 Å². The van der Waals surface area contributed by atoms with Crippen LogP contribution in [0.2, 0.25) is 0 Å². The molecule has 1 heterocycles. The van der Waals surface area contributed by atoms with Crippen LogP contribution in [0.4, 0.5) is 0 Å². The zero-order valence-corrected chi connectivity index (χ0v) is 11.4. The second-order valence-corrected chi connectivity index (χ2v) is 3.97. The Kier molecular flexibility index (Phi) is 5.67. The molecule has 0 saturated heterocycles. The predicted molar refractivity (Wildman–Crippen MR) is 77.3 cm³/mol. The van der Waals surface area contributed by atoms with E-state index in [4.69, 9.17) is 0 Å². The van der Waals surface area contributed by atoms with Crippen LogP contribution in [0, 0.1) is 0 Å². The van der Waals surface area contributed by atoms with E-state index in [0.717, 1.165) is 5.70 Å². The molecule has 102 valence electrons. The summed E-state index contributed by atoms with van der Waals surface area (Å²) in [6.07, 6.45) is 10.4. The Morgan fingerprint density at radius 2 is 2.32 bits per heavy atom. The molecule has 4 heteroatoms. The molecule has 1 aliphatic rings. The molecule has 0 spiro atoms. The quantitative estimate of drug-likeness (QED) is 0.746. The monoisotopic (exact) mass is 260 g/mol. The number of carbonyl (C=O) groups excluding carboxylic acids is 1. The van der Waals surface area contributed by atoms with Gasteiger partial charge in [0.25, 0.3) is 5.91 Å². The van der Waals surface area contributed by atoms with Crippen molar-refractivity contribution in [3.8, 4) is 0 Å². The number of nitrogens with zero attached hydrogens (tertiary/aromatic N) is 1. The first-order chi connectivity index (χ1) is 9.13. The van der Waals surface area contributed by atoms with Crippen molar-refractivity contribution in [2.24, 2.45) is 0 Å². The molecule has 0 aromatic rings. The zero-order valence-electron chi connectivity index (χ0n) is 11.4. The lowest BCUT2D eigenvalue weighted by Crippen LogP contribution is -2.35. The van der Waals surface area contributed by atoms with Crippen molar-refractivity contribution in [1.82, 2.24) is 10.2 Å². The van der Waals surface area contributed by atoms with Crippen LogP contribution in [0.3, 0.4) is 0 Å². The van der Waals surface area contributed by atoms with Gasteiger partial charge in [0.2, 0.25) is 0 Å². The maximum atomic E-state index is 12.4. The summed E-state index contributed by atoms with van der Waals surface area (Å²) in [7, 11) is 0. The van der Waals surface area contributed by atoms with Crippen molar-refractivity contribution in [2.45, 2.75) is 13.8 Å². The largest absolute Gasteiger partial charge is 0.495 e. The molecular formula is C15H20N2O2. The highest BCUT2D eigenvalue weighted by Crippen LogP contribution is 2.13. The minimum absolute atomic E-state index is 0.0769. The van der Waals surface area contributed by atoms with E-state index in [0.29, 0.717) is 18.7 Å². The number of rotatable bonds is 5. The summed E-state index contributed by atoms with van der Waals surface area (Å²) < 4.78 is 0. The second kappa shape index (κ2) is 7.26. The molecule has 0 fully saturated rings. The highest BCUT2D eigenvalue weighted by atomic mass is 16.3. The van der Waals surface area contributed by atoms with Crippen molar-refractivity contribution in [3.63, 3.8) is 0 Å². The Hall–Kier alpha value is -2.23. The van der Waals surface area contributed by atoms with Crippen LogP contribution in [0.15, 0.2) is 60.2 Å². The number of dihydropyridines is 1. The molecule has 2 N–H and O–H groups in total. The van der Waals surface area contributed by atoms with Gasteiger partial charge >= 0.3 is 0 Å². The summed E-state index contributed by atoms with van der Waals surface area (Å²) >= 11 is 0. The highest BCUT2D eigenvalue weighted by molar-refractivity contribution is 5.95. The Morgan fingerprint density at radius 3 is 2.79 bits per heavy atom. The second-order valence-electron chi connectivity index (χ2n) is 3.97. The number of aliphatic hydroxyl groups is 1. The highest BCUT2D eigenvalue weighted by Gasteiger charge is 2.19. The van der Waals surface area contributed by atoms with Gasteiger partial charge in [0.15, 0.2) is 5.88 Å². The van der Waals surface area contributed by atoms with Crippen LogP contribution < -0.4 is 5.32 Å². The van der Waals surface area contributed by atoms with Crippen molar-refractivity contribution in [2.75, 3.05) is 13.1 Å². The van der Waals surface area contributed by atoms with Crippen LogP contribution >= 0.6 is 0 Å². The lowest BCUT2D eigenvalue weighted by Gasteiger charge is -2.24. The molecule has 0 radical (unpaired) electrons. The molecule has 1 aliphatic heterocycles. The van der Waals surface area contributed by atoms with E-state index >= 15 is 0 Å². The van der Waals surface area contributed by atoms with Gasteiger partial charge in [0.05, 0.1) is 0 Å². The number of likely N-dealkylation sites (N-methyl/N-ethyl adjacent to an activating group) is 1. The van der Waals surface area contributed by atoms with Gasteiger partial charge in [-0.25, -0.2) is 0 Å². The number of hydrogen-bond donors (Lipinski definition) is 2. The Bertz CT molecular complexity index is 471. The molecule has 0 aromatic carbocycles. The van der Waals surface area contributed by atoms with E-state index in [1.165, 1.54) is 6.08 Å². The van der Waals surface area contributed by atoms with E-state index in [1.54, 1.807) is 17.1 Å². The molecule has 19 heavy (non-hydrogen) atoms. The van der Waals surface area contributed by atoms with Crippen molar-refractivity contribution < 1.29 is 9.90 Å². The number of hydrogen-bond acceptors (Lipinski definition) is 3. The predicted octanol–water partition coefficient (Wildman–Crippen LogP) is 2.41. The third-order valence-corrected chi connectivity index (χ3v) is 2.72. The molecule has 0 bridgehead atoms. The molecular weight excluding hydrogens is 240 g/mol. The van der Waals surface area contributed by atoms with E-state index in [9.17, 15) is 9.90 Å². The number of allylic oxidation sites excluding steroid dienone is 6. The zero-order chi connectivity index (χ0) is 14.3. The van der Waals surface area contributed by atoms with Gasteiger partial charge in [-0.2, -0.15) is 0 Å². The number of carbonyl (C=O) groups is 1. The fourth-order valence-corrected chi connectivity index (χ4v) is 1.71. The number of amides is 1. The number of aliphatic hydroxyl groups excluding tert-OH is 1. The third-order valence-electron chi connectivity index (χ3n) is 2.72. The minimum atomic E-state index is -0.0885. The average Bonchev–Trinajstić information content (AvgIpc) is 2.43. The van der Waals surface area contributed by atoms with Crippen LogP contribution in [-0.2, 0) is 4.79 Å². The summed E-state index contributed by atoms with van der Waals surface area (Å²) in [5.74, 6) is -0.0117. The molecule has 0 saturated carbocycles. The first-order valence-corrected chi connectivity index (χ1v) is 6.25. The van der Waals surface area contributed by atoms with Gasteiger partial charge < -0.3 is 15.3 Å². The third kappa shape index (κ3) is 3.88. The molecule has 0 aliphatic carbocycles. The Morgan fingerprint density at radius 1 is 1.58 bits per heavy atom. The van der Waals surface area contributed by atoms with Gasteiger partial charge in [0, 0.05) is 24.4 Å². The van der Waals surface area contributed by atoms with Crippen molar-refractivity contribution >= 4 is 5.91 Å². The summed E-state index contributed by atoms with van der Waals surface area (Å²) in [6.45, 7) is 8.45. The number of nitrogens with one attached hydrogen (secondary N) is 1. The normalized spacial score (nSPS) is 15.6. The molecule has 4 nitrogen and oxygen atoms in total. The summed E-state index contributed by atoms with van der Waals surface area (Å²) in [5, 5.41) is 12.0. The summed E-state index contributed by atoms with van der Waals surface area (Å²) in [5.41, 5.74) is 1.36. The summed E-state index contributed by atoms with van der Waals surface area (Å²) in [4.78, 5) is 14.0. The maximum Gasteiger partial charge on any atom is 0.255 e. The molecule has 1 amide bonds. The van der Waals surface area contributed by atoms with Gasteiger partial charge in [-0.05, 0) is 38.2 Å². The average molecular weight is 260 g/mol. The van der Waals surface area contributed by atoms with Crippen molar-refractivity contribution in [1.29, 1.82) is 0 Å². The minimum Gasteiger partial charge on any atom is -0.495 e. The SMILES string of the molecule is C=C/C(=C\C=C/C)N(CC)C(=O)C1=CC=C(O)NC1. The Labute approximate surface area is 114 Å². The molecule has 0 unspecified atom stereocenters. The Balaban J connectivity index is 2.96. The van der Waals surface area contributed by atoms with Crippen LogP contribution in [0.5, 0.6) is 0 Å². The fourth-order valence-electron chi connectivity index (χ4n) is 1.71. The fraction of sp³-hybridized carbons (Fsp3) is 0.267. The lowest BCUT2D eigenvalue weighted by molar-refractivity contribution is -0.125. The van der Waals surface area contributed by atoms with Gasteiger partial charge in [-0.1, -0.05) is 18.7 Å². The van der Waals surface area contributed by atoms with Gasteiger partial charge in [-0.3, -0.25) is 4.79 Å². The van der Waals surface area contributed by atoms with Crippen LogP contribution in [0.25, 0.3) is 0 Å². The topological polar surface area (TPSA) is 52.6 Å².